The second kappa shape index (κ2) is 6.79. The minimum absolute atomic E-state index is 0.236. The summed E-state index contributed by atoms with van der Waals surface area (Å²) in [6.07, 6.45) is 0.833. The van der Waals surface area contributed by atoms with Crippen LogP contribution in [0.4, 0.5) is 0 Å². The molecule has 0 fully saturated rings. The lowest BCUT2D eigenvalue weighted by atomic mass is 10.3. The van der Waals surface area contributed by atoms with Crippen LogP contribution in [-0.4, -0.2) is 25.2 Å². The first-order chi connectivity index (χ1) is 5.66. The van der Waals surface area contributed by atoms with Crippen LogP contribution in [0.2, 0.25) is 0 Å². The number of hydrogen-bond donors (Lipinski definition) is 0. The number of hydrogen-bond acceptors (Lipinski definition) is 4. The summed E-state index contributed by atoms with van der Waals surface area (Å²) in [6.45, 7) is 4.26. The van der Waals surface area contributed by atoms with E-state index in [1.165, 1.54) is 6.92 Å². The number of carbonyl (C=O) groups excluding carboxylic acids is 2. The highest BCUT2D eigenvalue weighted by atomic mass is 16.6. The van der Waals surface area contributed by atoms with E-state index in [2.05, 4.69) is 4.74 Å². The van der Waals surface area contributed by atoms with Crippen LogP contribution in [-0.2, 0) is 19.1 Å². The van der Waals surface area contributed by atoms with Crippen molar-refractivity contribution in [2.24, 2.45) is 0 Å². The molecule has 0 bridgehead atoms. The Bertz CT molecular complexity index is 153. The third kappa shape index (κ3) is 7.21. The van der Waals surface area contributed by atoms with Gasteiger partial charge in [0.2, 0.25) is 0 Å². The summed E-state index contributed by atoms with van der Waals surface area (Å²) in [5, 5.41) is 0. The molecule has 12 heavy (non-hydrogen) atoms. The van der Waals surface area contributed by atoms with Gasteiger partial charge in [0, 0.05) is 26.6 Å². The van der Waals surface area contributed by atoms with Crippen molar-refractivity contribution in [3.63, 3.8) is 0 Å². The van der Waals surface area contributed by atoms with Gasteiger partial charge in [0.05, 0.1) is 0 Å². The first-order valence-corrected chi connectivity index (χ1v) is 3.95. The van der Waals surface area contributed by atoms with E-state index in [1.807, 2.05) is 6.92 Å². The highest BCUT2D eigenvalue weighted by molar-refractivity contribution is 5.83. The fourth-order valence-electron chi connectivity index (χ4n) is 0.674. The molecular weight excluding hydrogens is 160 g/mol. The fourth-order valence-corrected chi connectivity index (χ4v) is 0.674. The van der Waals surface area contributed by atoms with Crippen LogP contribution >= 0.6 is 0 Å². The fraction of sp³-hybridized carbons (Fsp3) is 0.750. The van der Waals surface area contributed by atoms with Crippen LogP contribution in [0.15, 0.2) is 0 Å². The molecule has 0 aliphatic heterocycles. The van der Waals surface area contributed by atoms with Crippen molar-refractivity contribution < 1.29 is 19.1 Å². The van der Waals surface area contributed by atoms with Gasteiger partial charge in [0.1, 0.15) is 0 Å². The quantitative estimate of drug-likeness (QED) is 0.353. The van der Waals surface area contributed by atoms with Gasteiger partial charge in [0.15, 0.2) is 0 Å². The highest BCUT2D eigenvalue weighted by Crippen LogP contribution is 1.93. The molecule has 4 nitrogen and oxygen atoms in total. The number of ether oxygens (including phenoxy) is 2. The van der Waals surface area contributed by atoms with E-state index in [9.17, 15) is 9.59 Å². The minimum Gasteiger partial charge on any atom is -0.393 e. The molecule has 0 unspecified atom stereocenters. The van der Waals surface area contributed by atoms with E-state index in [1.54, 1.807) is 0 Å². The van der Waals surface area contributed by atoms with Gasteiger partial charge in [-0.15, -0.1) is 0 Å². The Morgan fingerprint density at radius 3 is 2.50 bits per heavy atom. The SMILES string of the molecule is CCOCCCC(=O)OC(C)=O. The van der Waals surface area contributed by atoms with E-state index >= 15 is 0 Å². The molecule has 0 aliphatic carbocycles. The zero-order valence-corrected chi connectivity index (χ0v) is 7.46. The minimum atomic E-state index is -0.559. The lowest BCUT2D eigenvalue weighted by molar-refractivity contribution is -0.158. The van der Waals surface area contributed by atoms with E-state index in [0.29, 0.717) is 19.6 Å². The molecular formula is C8H14O4. The number of carbonyl (C=O) groups is 2. The predicted octanol–water partition coefficient (Wildman–Crippen LogP) is 0.893. The number of rotatable bonds is 5. The van der Waals surface area contributed by atoms with Gasteiger partial charge in [0.25, 0.3) is 0 Å². The maximum absolute atomic E-state index is 10.7. The lowest BCUT2D eigenvalue weighted by Crippen LogP contribution is -2.09. The third-order valence-electron chi connectivity index (χ3n) is 1.13. The van der Waals surface area contributed by atoms with Crippen molar-refractivity contribution >= 4 is 11.9 Å². The third-order valence-corrected chi connectivity index (χ3v) is 1.13. The van der Waals surface area contributed by atoms with Crippen LogP contribution < -0.4 is 0 Å². The van der Waals surface area contributed by atoms with Crippen molar-refractivity contribution in [2.75, 3.05) is 13.2 Å². The Balaban J connectivity index is 3.26. The first-order valence-electron chi connectivity index (χ1n) is 3.95. The van der Waals surface area contributed by atoms with Crippen LogP contribution in [0.5, 0.6) is 0 Å². The molecule has 4 heteroatoms. The zero-order chi connectivity index (χ0) is 9.40. The smallest absolute Gasteiger partial charge is 0.313 e. The molecule has 0 saturated heterocycles. The lowest BCUT2D eigenvalue weighted by Gasteiger charge is -2.00. The van der Waals surface area contributed by atoms with Crippen LogP contribution in [0.25, 0.3) is 0 Å². The highest BCUT2D eigenvalue weighted by Gasteiger charge is 2.04. The van der Waals surface area contributed by atoms with Gasteiger partial charge < -0.3 is 9.47 Å². The molecule has 70 valence electrons. The van der Waals surface area contributed by atoms with Gasteiger partial charge in [-0.2, -0.15) is 0 Å². The summed E-state index contributed by atoms with van der Waals surface area (Å²) >= 11 is 0. The van der Waals surface area contributed by atoms with Crippen LogP contribution in [0, 0.1) is 0 Å². The maximum Gasteiger partial charge on any atom is 0.313 e. The maximum atomic E-state index is 10.7. The van der Waals surface area contributed by atoms with Gasteiger partial charge in [-0.25, -0.2) is 0 Å². The average Bonchev–Trinajstić information content (AvgIpc) is 1.97. The van der Waals surface area contributed by atoms with Crippen molar-refractivity contribution in [1.29, 1.82) is 0 Å². The van der Waals surface area contributed by atoms with Gasteiger partial charge in [-0.1, -0.05) is 0 Å². The van der Waals surface area contributed by atoms with Gasteiger partial charge in [-0.05, 0) is 13.3 Å². The molecule has 0 spiro atoms. The monoisotopic (exact) mass is 174 g/mol. The summed E-state index contributed by atoms with van der Waals surface area (Å²) in [5.41, 5.74) is 0. The van der Waals surface area contributed by atoms with Crippen molar-refractivity contribution in [3.8, 4) is 0 Å². The molecule has 0 radical (unpaired) electrons. The Morgan fingerprint density at radius 1 is 1.33 bits per heavy atom. The summed E-state index contributed by atoms with van der Waals surface area (Å²) in [4.78, 5) is 21.0. The molecule has 0 amide bonds. The van der Waals surface area contributed by atoms with Crippen LogP contribution in [0.1, 0.15) is 26.7 Å². The van der Waals surface area contributed by atoms with Crippen molar-refractivity contribution in [1.82, 2.24) is 0 Å². The first kappa shape index (κ1) is 11.1. The zero-order valence-electron chi connectivity index (χ0n) is 7.46. The standard InChI is InChI=1S/C8H14O4/c1-3-11-6-4-5-8(10)12-7(2)9/h3-6H2,1-2H3. The molecule has 0 saturated carbocycles. The Hall–Kier alpha value is -0.900. The molecule has 0 N–H and O–H groups in total. The van der Waals surface area contributed by atoms with E-state index < -0.39 is 11.9 Å². The van der Waals surface area contributed by atoms with Crippen LogP contribution in [0.3, 0.4) is 0 Å². The Labute approximate surface area is 71.8 Å². The topological polar surface area (TPSA) is 52.6 Å². The molecule has 0 rings (SSSR count). The summed E-state index contributed by atoms with van der Waals surface area (Å²) in [5.74, 6) is -1.04. The second-order valence-corrected chi connectivity index (χ2v) is 2.27. The molecule has 0 aromatic rings. The molecule has 0 atom stereocenters. The molecule has 0 aromatic carbocycles. The molecule has 0 aromatic heterocycles. The van der Waals surface area contributed by atoms with Gasteiger partial charge >= 0.3 is 11.9 Å². The predicted molar refractivity (Wildman–Crippen MR) is 42.5 cm³/mol. The molecule has 0 heterocycles. The Morgan fingerprint density at radius 2 is 2.00 bits per heavy atom. The van der Waals surface area contributed by atoms with Crippen molar-refractivity contribution in [3.05, 3.63) is 0 Å². The second-order valence-electron chi connectivity index (χ2n) is 2.27. The normalized spacial score (nSPS) is 9.50. The van der Waals surface area contributed by atoms with Crippen molar-refractivity contribution in [2.45, 2.75) is 26.7 Å². The number of esters is 2. The van der Waals surface area contributed by atoms with E-state index in [0.717, 1.165) is 0 Å². The largest absolute Gasteiger partial charge is 0.393 e. The average molecular weight is 174 g/mol. The summed E-state index contributed by atoms with van der Waals surface area (Å²) < 4.78 is 9.29. The Kier molecular flexibility index (Phi) is 6.28. The van der Waals surface area contributed by atoms with Gasteiger partial charge in [-0.3, -0.25) is 9.59 Å². The van der Waals surface area contributed by atoms with E-state index in [-0.39, 0.29) is 6.42 Å². The summed E-state index contributed by atoms with van der Waals surface area (Å²) in [6, 6.07) is 0. The van der Waals surface area contributed by atoms with E-state index in [4.69, 9.17) is 4.74 Å². The molecule has 0 aliphatic rings. The summed E-state index contributed by atoms with van der Waals surface area (Å²) in [7, 11) is 0.